The van der Waals surface area contributed by atoms with E-state index in [1.54, 1.807) is 24.3 Å². The van der Waals surface area contributed by atoms with Gasteiger partial charge in [-0.2, -0.15) is 5.26 Å². The minimum absolute atomic E-state index is 0.231. The Balaban J connectivity index is 1.75. The van der Waals surface area contributed by atoms with E-state index in [1.165, 1.54) is 6.42 Å². The molecule has 0 spiro atoms. The summed E-state index contributed by atoms with van der Waals surface area (Å²) in [5.74, 6) is 0.793. The number of aliphatic carboxylic acids is 1. The summed E-state index contributed by atoms with van der Waals surface area (Å²) in [4.78, 5) is 15.7. The smallest absolute Gasteiger partial charge is 0.341 e. The number of ether oxygens (including phenoxy) is 1. The van der Waals surface area contributed by atoms with Gasteiger partial charge in [0.1, 0.15) is 5.75 Å². The fourth-order valence-corrected chi connectivity index (χ4v) is 5.02. The van der Waals surface area contributed by atoms with Crippen molar-refractivity contribution in [1.29, 1.82) is 5.26 Å². The maximum atomic E-state index is 10.9. The van der Waals surface area contributed by atoms with Crippen LogP contribution >= 0.6 is 0 Å². The molecule has 2 atom stereocenters. The highest BCUT2D eigenvalue weighted by Crippen LogP contribution is 2.46. The topological polar surface area (TPSA) is 100 Å². The summed E-state index contributed by atoms with van der Waals surface area (Å²) in [6, 6.07) is 15.3. The second-order valence-corrected chi connectivity index (χ2v) is 9.52. The number of anilines is 2. The minimum atomic E-state index is -1.02. The fraction of sp³-hybridized carbons (Fsp3) is 0.400. The molecule has 166 valence electrons. The van der Waals surface area contributed by atoms with Crippen molar-refractivity contribution in [2.75, 3.05) is 11.9 Å². The number of hydrogen-bond donors (Lipinski definition) is 2. The predicted molar refractivity (Wildman–Crippen MR) is 123 cm³/mol. The number of benzene rings is 2. The Labute approximate surface area is 187 Å². The number of hydrogen-bond acceptors (Lipinski definition) is 5. The van der Waals surface area contributed by atoms with E-state index in [0.717, 1.165) is 35.5 Å². The van der Waals surface area contributed by atoms with Gasteiger partial charge < -0.3 is 19.7 Å². The van der Waals surface area contributed by atoms with Gasteiger partial charge in [0.05, 0.1) is 22.7 Å². The number of aromatic nitrogens is 2. The van der Waals surface area contributed by atoms with Crippen LogP contribution < -0.4 is 10.1 Å². The van der Waals surface area contributed by atoms with Crippen LogP contribution in [0.4, 0.5) is 11.6 Å². The predicted octanol–water partition coefficient (Wildman–Crippen LogP) is 5.50. The van der Waals surface area contributed by atoms with Crippen molar-refractivity contribution in [2.24, 2.45) is 11.3 Å². The largest absolute Gasteiger partial charge is 0.482 e. The summed E-state index contributed by atoms with van der Waals surface area (Å²) >= 11 is 0. The van der Waals surface area contributed by atoms with Crippen molar-refractivity contribution in [1.82, 2.24) is 9.55 Å². The first-order valence-corrected chi connectivity index (χ1v) is 10.9. The van der Waals surface area contributed by atoms with Gasteiger partial charge in [-0.05, 0) is 67.0 Å². The van der Waals surface area contributed by atoms with Gasteiger partial charge in [-0.3, -0.25) is 0 Å². The quantitative estimate of drug-likeness (QED) is 0.533. The molecule has 0 radical (unpaired) electrons. The number of nitrogens with one attached hydrogen (secondary N) is 1. The molecule has 3 aromatic rings. The van der Waals surface area contributed by atoms with Gasteiger partial charge in [-0.25, -0.2) is 9.78 Å². The molecule has 0 amide bonds. The summed E-state index contributed by atoms with van der Waals surface area (Å²) < 4.78 is 7.63. The van der Waals surface area contributed by atoms with E-state index in [4.69, 9.17) is 20.1 Å². The van der Waals surface area contributed by atoms with Crippen molar-refractivity contribution < 1.29 is 14.6 Å². The van der Waals surface area contributed by atoms with Crippen LogP contribution in [0.1, 0.15) is 51.6 Å². The first kappa shape index (κ1) is 21.7. The molecule has 0 bridgehead atoms. The maximum absolute atomic E-state index is 10.9. The Morgan fingerprint density at radius 1 is 1.28 bits per heavy atom. The molecule has 1 aliphatic carbocycles. The van der Waals surface area contributed by atoms with E-state index in [-0.39, 0.29) is 11.5 Å². The standard InChI is InChI=1S/C25H28N4O3/c1-16-10-19(13-25(2,3)12-16)29-22-9-8-20(32-15-23(30)31)11-21(22)28-24(29)27-18-6-4-17(14-26)5-7-18/h4-9,11,16,19H,10,12-13,15H2,1-3H3,(H,27,28)(H,30,31)/t16-,19+/m1/s1. The van der Waals surface area contributed by atoms with Crippen LogP contribution in [0.15, 0.2) is 42.5 Å². The average molecular weight is 433 g/mol. The zero-order valence-corrected chi connectivity index (χ0v) is 18.6. The molecule has 1 heterocycles. The van der Waals surface area contributed by atoms with Crippen LogP contribution in [0, 0.1) is 22.7 Å². The Morgan fingerprint density at radius 3 is 2.69 bits per heavy atom. The van der Waals surface area contributed by atoms with Crippen molar-refractivity contribution in [3.63, 3.8) is 0 Å². The second kappa shape index (κ2) is 8.54. The monoisotopic (exact) mass is 432 g/mol. The van der Waals surface area contributed by atoms with E-state index < -0.39 is 12.6 Å². The van der Waals surface area contributed by atoms with Crippen molar-refractivity contribution >= 4 is 28.6 Å². The van der Waals surface area contributed by atoms with Crippen LogP contribution in [0.2, 0.25) is 0 Å². The lowest BCUT2D eigenvalue weighted by Gasteiger charge is -2.40. The molecule has 0 aliphatic heterocycles. The molecule has 2 N–H and O–H groups in total. The van der Waals surface area contributed by atoms with Gasteiger partial charge in [0.25, 0.3) is 0 Å². The first-order valence-electron chi connectivity index (χ1n) is 10.9. The van der Waals surface area contributed by atoms with E-state index >= 15 is 0 Å². The third-order valence-corrected chi connectivity index (χ3v) is 6.02. The van der Waals surface area contributed by atoms with E-state index in [1.807, 2.05) is 18.2 Å². The van der Waals surface area contributed by atoms with E-state index in [2.05, 4.69) is 36.7 Å². The lowest BCUT2D eigenvalue weighted by atomic mass is 9.70. The zero-order chi connectivity index (χ0) is 22.9. The molecular formula is C25H28N4O3. The molecule has 2 aromatic carbocycles. The number of nitriles is 1. The number of carboxylic acids is 1. The van der Waals surface area contributed by atoms with Gasteiger partial charge in [0.15, 0.2) is 6.61 Å². The molecule has 7 nitrogen and oxygen atoms in total. The Hall–Kier alpha value is -3.53. The summed E-state index contributed by atoms with van der Waals surface area (Å²) in [7, 11) is 0. The molecule has 1 saturated carbocycles. The fourth-order valence-electron chi connectivity index (χ4n) is 5.02. The average Bonchev–Trinajstić information content (AvgIpc) is 3.08. The lowest BCUT2D eigenvalue weighted by molar-refractivity contribution is -0.139. The number of carbonyl (C=O) groups is 1. The molecule has 1 aromatic heterocycles. The van der Waals surface area contributed by atoms with Gasteiger partial charge >= 0.3 is 5.97 Å². The molecule has 4 rings (SSSR count). The highest BCUT2D eigenvalue weighted by molar-refractivity contribution is 5.81. The van der Waals surface area contributed by atoms with Crippen LogP contribution in [0.3, 0.4) is 0 Å². The maximum Gasteiger partial charge on any atom is 0.341 e. The SMILES string of the molecule is C[C@@H]1C[C@H](n2c(Nc3ccc(C#N)cc3)nc3cc(OCC(=O)O)ccc32)CC(C)(C)C1. The second-order valence-electron chi connectivity index (χ2n) is 9.52. The Morgan fingerprint density at radius 2 is 2.03 bits per heavy atom. The number of carboxylic acid groups (broad SMARTS) is 1. The third kappa shape index (κ3) is 4.70. The van der Waals surface area contributed by atoms with Crippen molar-refractivity contribution in [3.8, 4) is 11.8 Å². The first-order chi connectivity index (χ1) is 15.2. The zero-order valence-electron chi connectivity index (χ0n) is 18.6. The highest BCUT2D eigenvalue weighted by Gasteiger charge is 2.34. The molecule has 0 unspecified atom stereocenters. The van der Waals surface area contributed by atoms with Crippen LogP contribution in [0.25, 0.3) is 11.0 Å². The number of rotatable bonds is 6. The molecule has 0 saturated heterocycles. The van der Waals surface area contributed by atoms with Gasteiger partial charge in [0.2, 0.25) is 5.95 Å². The highest BCUT2D eigenvalue weighted by atomic mass is 16.5. The number of fused-ring (bicyclic) bond motifs is 1. The summed E-state index contributed by atoms with van der Waals surface area (Å²) in [5.41, 5.74) is 3.42. The third-order valence-electron chi connectivity index (χ3n) is 6.02. The molecule has 1 fully saturated rings. The van der Waals surface area contributed by atoms with E-state index in [0.29, 0.717) is 17.2 Å². The molecular weight excluding hydrogens is 404 g/mol. The lowest BCUT2D eigenvalue weighted by Crippen LogP contribution is -2.29. The Bertz CT molecular complexity index is 1170. The molecule has 7 heteroatoms. The minimum Gasteiger partial charge on any atom is -0.482 e. The normalized spacial score (nSPS) is 19.9. The summed E-state index contributed by atoms with van der Waals surface area (Å²) in [5, 5.41) is 21.4. The van der Waals surface area contributed by atoms with E-state index in [9.17, 15) is 4.79 Å². The van der Waals surface area contributed by atoms with Crippen LogP contribution in [-0.4, -0.2) is 27.2 Å². The molecule has 1 aliphatic rings. The summed E-state index contributed by atoms with van der Waals surface area (Å²) in [6.07, 6.45) is 3.30. The van der Waals surface area contributed by atoms with Crippen LogP contribution in [0.5, 0.6) is 5.75 Å². The van der Waals surface area contributed by atoms with Gasteiger partial charge in [-0.15, -0.1) is 0 Å². The van der Waals surface area contributed by atoms with Gasteiger partial charge in [-0.1, -0.05) is 20.8 Å². The number of imidazole rings is 1. The number of nitrogens with zero attached hydrogens (tertiary/aromatic N) is 3. The Kier molecular flexibility index (Phi) is 5.79. The summed E-state index contributed by atoms with van der Waals surface area (Å²) in [6.45, 7) is 6.55. The van der Waals surface area contributed by atoms with Crippen molar-refractivity contribution in [2.45, 2.75) is 46.1 Å². The van der Waals surface area contributed by atoms with Crippen LogP contribution in [-0.2, 0) is 4.79 Å². The van der Waals surface area contributed by atoms with Crippen molar-refractivity contribution in [3.05, 3.63) is 48.0 Å². The van der Waals surface area contributed by atoms with Gasteiger partial charge in [0, 0.05) is 17.8 Å². The molecule has 32 heavy (non-hydrogen) atoms.